The van der Waals surface area contributed by atoms with Gasteiger partial charge in [-0.25, -0.2) is 8.78 Å². The predicted molar refractivity (Wildman–Crippen MR) is 90.7 cm³/mol. The topological polar surface area (TPSA) is 72.2 Å². The van der Waals surface area contributed by atoms with Gasteiger partial charge in [-0.15, -0.1) is 11.3 Å². The van der Waals surface area contributed by atoms with Gasteiger partial charge in [0.1, 0.15) is 11.6 Å². The van der Waals surface area contributed by atoms with Crippen LogP contribution in [0.4, 0.5) is 20.2 Å². The molecule has 25 heavy (non-hydrogen) atoms. The number of nitrogens with one attached hydrogen (secondary N) is 1. The number of anilines is 1. The van der Waals surface area contributed by atoms with Crippen LogP contribution in [0.3, 0.4) is 0 Å². The zero-order valence-electron chi connectivity index (χ0n) is 12.5. The van der Waals surface area contributed by atoms with E-state index in [0.29, 0.717) is 4.88 Å². The molecule has 8 heteroatoms. The van der Waals surface area contributed by atoms with Gasteiger partial charge in [-0.1, -0.05) is 12.1 Å². The van der Waals surface area contributed by atoms with Crippen LogP contribution in [0.15, 0.2) is 54.6 Å². The van der Waals surface area contributed by atoms with Crippen LogP contribution in [0.2, 0.25) is 0 Å². The Labute approximate surface area is 144 Å². The third-order valence-electron chi connectivity index (χ3n) is 3.37. The molecule has 0 aliphatic heterocycles. The first-order valence-corrected chi connectivity index (χ1v) is 7.87. The van der Waals surface area contributed by atoms with Gasteiger partial charge in [-0.3, -0.25) is 14.9 Å². The Kier molecular flexibility index (Phi) is 4.53. The van der Waals surface area contributed by atoms with Gasteiger partial charge in [0.25, 0.3) is 11.6 Å². The minimum absolute atomic E-state index is 0.268. The van der Waals surface area contributed by atoms with Crippen molar-refractivity contribution < 1.29 is 18.5 Å². The summed E-state index contributed by atoms with van der Waals surface area (Å²) < 4.78 is 26.7. The lowest BCUT2D eigenvalue weighted by atomic mass is 10.2. The van der Waals surface area contributed by atoms with Gasteiger partial charge in [-0.2, -0.15) is 0 Å². The zero-order valence-corrected chi connectivity index (χ0v) is 13.3. The van der Waals surface area contributed by atoms with E-state index in [9.17, 15) is 23.7 Å². The maximum absolute atomic E-state index is 13.7. The molecule has 1 N–H and O–H groups in total. The summed E-state index contributed by atoms with van der Waals surface area (Å²) in [6, 6.07) is 11.9. The van der Waals surface area contributed by atoms with Gasteiger partial charge >= 0.3 is 0 Å². The number of benzene rings is 2. The first kappa shape index (κ1) is 16.7. The summed E-state index contributed by atoms with van der Waals surface area (Å²) in [7, 11) is 0. The summed E-state index contributed by atoms with van der Waals surface area (Å²) >= 11 is 1.14. The van der Waals surface area contributed by atoms with E-state index in [2.05, 4.69) is 5.32 Å². The van der Waals surface area contributed by atoms with Crippen molar-refractivity contribution >= 4 is 28.6 Å². The molecule has 0 saturated heterocycles. The molecule has 0 bridgehead atoms. The van der Waals surface area contributed by atoms with Crippen LogP contribution in [0.5, 0.6) is 0 Å². The molecule has 3 aromatic rings. The van der Waals surface area contributed by atoms with Crippen molar-refractivity contribution in [2.75, 3.05) is 5.32 Å². The molecule has 0 radical (unpaired) electrons. The third-order valence-corrected chi connectivity index (χ3v) is 4.50. The molecule has 0 saturated carbocycles. The van der Waals surface area contributed by atoms with Gasteiger partial charge in [0, 0.05) is 17.0 Å². The second-order valence-corrected chi connectivity index (χ2v) is 6.13. The summed E-state index contributed by atoms with van der Waals surface area (Å²) in [6.45, 7) is 0. The normalized spacial score (nSPS) is 10.5. The van der Waals surface area contributed by atoms with E-state index in [4.69, 9.17) is 0 Å². The highest BCUT2D eigenvalue weighted by Gasteiger charge is 2.16. The molecule has 0 atom stereocenters. The van der Waals surface area contributed by atoms with Crippen LogP contribution in [0.25, 0.3) is 10.4 Å². The molecule has 1 amide bonds. The molecule has 0 fully saturated rings. The van der Waals surface area contributed by atoms with Crippen molar-refractivity contribution in [1.29, 1.82) is 0 Å². The highest BCUT2D eigenvalue weighted by molar-refractivity contribution is 7.17. The largest absolute Gasteiger partial charge is 0.319 e. The monoisotopic (exact) mass is 360 g/mol. The van der Waals surface area contributed by atoms with Gasteiger partial charge in [0.05, 0.1) is 15.5 Å². The van der Waals surface area contributed by atoms with Crippen LogP contribution in [-0.4, -0.2) is 10.8 Å². The van der Waals surface area contributed by atoms with E-state index < -0.39 is 16.6 Å². The average molecular weight is 360 g/mol. The van der Waals surface area contributed by atoms with Gasteiger partial charge < -0.3 is 5.32 Å². The van der Waals surface area contributed by atoms with Crippen molar-refractivity contribution in [2.45, 2.75) is 0 Å². The number of halogens is 2. The third kappa shape index (κ3) is 3.69. The fraction of sp³-hybridized carbons (Fsp3) is 0. The summed E-state index contributed by atoms with van der Waals surface area (Å²) in [5.74, 6) is -1.72. The number of amides is 1. The first-order chi connectivity index (χ1) is 11.9. The fourth-order valence-electron chi connectivity index (χ4n) is 2.14. The van der Waals surface area contributed by atoms with Crippen molar-refractivity contribution in [3.8, 4) is 10.4 Å². The van der Waals surface area contributed by atoms with Gasteiger partial charge in [0.2, 0.25) is 0 Å². The molecule has 0 unspecified atom stereocenters. The van der Waals surface area contributed by atoms with E-state index in [1.165, 1.54) is 12.1 Å². The van der Waals surface area contributed by atoms with Crippen LogP contribution in [0.1, 0.15) is 9.67 Å². The molecule has 0 spiro atoms. The van der Waals surface area contributed by atoms with Crippen LogP contribution in [0, 0.1) is 21.7 Å². The minimum Gasteiger partial charge on any atom is -0.319 e. The number of hydrogen-bond donors (Lipinski definition) is 1. The van der Waals surface area contributed by atoms with E-state index >= 15 is 0 Å². The highest BCUT2D eigenvalue weighted by atomic mass is 32.1. The number of nitro benzene ring substituents is 1. The summed E-state index contributed by atoms with van der Waals surface area (Å²) in [4.78, 5) is 23.4. The molecule has 1 heterocycles. The second-order valence-electron chi connectivity index (χ2n) is 5.05. The summed E-state index contributed by atoms with van der Waals surface area (Å²) in [5.41, 5.74) is 0.151. The minimum atomic E-state index is -0.769. The molecule has 1 aromatic heterocycles. The number of hydrogen-bond acceptors (Lipinski definition) is 4. The number of thiophene rings is 1. The molecule has 126 valence electrons. The van der Waals surface area contributed by atoms with E-state index in [-0.39, 0.29) is 17.2 Å². The van der Waals surface area contributed by atoms with Crippen LogP contribution < -0.4 is 5.32 Å². The predicted octanol–water partition coefficient (Wildman–Crippen LogP) is 4.85. The van der Waals surface area contributed by atoms with Crippen LogP contribution >= 0.6 is 11.3 Å². The second kappa shape index (κ2) is 6.78. The summed E-state index contributed by atoms with van der Waals surface area (Å²) in [5, 5.41) is 13.1. The lowest BCUT2D eigenvalue weighted by Gasteiger charge is -2.04. The number of non-ortho nitro benzene ring substituents is 1. The molecular formula is C17H10F2N2O3S. The van der Waals surface area contributed by atoms with Crippen molar-refractivity contribution in [3.63, 3.8) is 0 Å². The SMILES string of the molecule is O=C(Nc1cc([N+](=O)[O-])ccc1F)c1ccc(-c2ccc(F)cc2)s1. The van der Waals surface area contributed by atoms with E-state index in [1.54, 1.807) is 24.3 Å². The quantitative estimate of drug-likeness (QED) is 0.534. The Bertz CT molecular complexity index is 955. The van der Waals surface area contributed by atoms with Gasteiger partial charge in [-0.05, 0) is 35.9 Å². The Balaban J connectivity index is 1.82. The molecule has 3 rings (SSSR count). The fourth-order valence-corrected chi connectivity index (χ4v) is 3.04. The maximum atomic E-state index is 13.7. The summed E-state index contributed by atoms with van der Waals surface area (Å²) in [6.07, 6.45) is 0. The van der Waals surface area contributed by atoms with Crippen molar-refractivity contribution in [2.24, 2.45) is 0 Å². The number of rotatable bonds is 4. The standard InChI is InChI=1S/C17H10F2N2O3S/c18-11-3-1-10(2-4-11)15-7-8-16(25-15)17(22)20-14-9-12(21(23)24)5-6-13(14)19/h1-9H,(H,20,22). The maximum Gasteiger partial charge on any atom is 0.271 e. The Morgan fingerprint density at radius 1 is 1.04 bits per heavy atom. The Hall–Kier alpha value is -3.13. The Morgan fingerprint density at radius 3 is 2.44 bits per heavy atom. The number of nitrogens with zero attached hydrogens (tertiary/aromatic N) is 1. The van der Waals surface area contributed by atoms with Gasteiger partial charge in [0.15, 0.2) is 0 Å². The molecule has 5 nitrogen and oxygen atoms in total. The average Bonchev–Trinajstić information content (AvgIpc) is 3.07. The molecule has 2 aromatic carbocycles. The molecular weight excluding hydrogens is 350 g/mol. The number of carbonyl (C=O) groups excluding carboxylic acids is 1. The highest BCUT2D eigenvalue weighted by Crippen LogP contribution is 2.29. The number of carbonyl (C=O) groups is 1. The zero-order chi connectivity index (χ0) is 18.0. The van der Waals surface area contributed by atoms with Crippen molar-refractivity contribution in [3.05, 3.63) is 81.2 Å². The van der Waals surface area contributed by atoms with E-state index in [1.807, 2.05) is 0 Å². The lowest BCUT2D eigenvalue weighted by molar-refractivity contribution is -0.384. The lowest BCUT2D eigenvalue weighted by Crippen LogP contribution is -2.11. The van der Waals surface area contributed by atoms with Crippen LogP contribution in [-0.2, 0) is 0 Å². The molecule has 0 aliphatic carbocycles. The van der Waals surface area contributed by atoms with Crippen molar-refractivity contribution in [1.82, 2.24) is 0 Å². The first-order valence-electron chi connectivity index (χ1n) is 7.05. The van der Waals surface area contributed by atoms with E-state index in [0.717, 1.165) is 40.0 Å². The molecule has 0 aliphatic rings. The number of nitro groups is 1. The smallest absolute Gasteiger partial charge is 0.271 e. The Morgan fingerprint density at radius 2 is 1.76 bits per heavy atom.